The van der Waals surface area contributed by atoms with E-state index in [1.165, 1.54) is 0 Å². The number of ether oxygens (including phenoxy) is 3. The molecule has 1 saturated heterocycles. The standard InChI is InChI=1S/C28H34N6O5/c1-16-14-33(15-17(2)36-16)26-20-12-23(38-22(20)8-9-29-26)21-13-30-24-6-7-25(32-34(21)24)37-19-10-18(11-19)31-27(35)39-28(3,4)5/h6-9,12-13,16-19H,10-11,14-15H2,1-5H3,(H,31,35)/t16-,17+,18-,19-. The van der Waals surface area contributed by atoms with E-state index in [1.54, 1.807) is 16.9 Å². The average molecular weight is 535 g/mol. The van der Waals surface area contributed by atoms with E-state index < -0.39 is 11.7 Å². The Balaban J connectivity index is 1.19. The van der Waals surface area contributed by atoms with Crippen molar-refractivity contribution in [2.45, 2.75) is 77.4 Å². The number of fused-ring (bicyclic) bond motifs is 2. The van der Waals surface area contributed by atoms with Crippen molar-refractivity contribution in [2.75, 3.05) is 18.0 Å². The number of anilines is 1. The van der Waals surface area contributed by atoms with Crippen LogP contribution >= 0.6 is 0 Å². The molecular weight excluding hydrogens is 500 g/mol. The van der Waals surface area contributed by atoms with E-state index in [0.29, 0.717) is 30.1 Å². The lowest BCUT2D eigenvalue weighted by Crippen LogP contribution is -2.50. The molecule has 11 heteroatoms. The second kappa shape index (κ2) is 9.71. The molecule has 0 aromatic carbocycles. The summed E-state index contributed by atoms with van der Waals surface area (Å²) < 4.78 is 25.3. The molecule has 0 unspecified atom stereocenters. The molecule has 4 aromatic heterocycles. The molecule has 1 aliphatic carbocycles. The SMILES string of the molecule is C[C@@H]1CN(c2nccc3oc(-c4cnc5ccc(O[C@H]6C[C@H](NC(=O)OC(C)(C)C)C6)nn45)cc23)C[C@H](C)O1. The first-order valence-corrected chi connectivity index (χ1v) is 13.4. The van der Waals surface area contributed by atoms with Gasteiger partial charge in [0.2, 0.25) is 5.88 Å². The Labute approximate surface area is 226 Å². The van der Waals surface area contributed by atoms with Crippen molar-refractivity contribution in [3.8, 4) is 17.3 Å². The minimum Gasteiger partial charge on any atom is -0.473 e. The van der Waals surface area contributed by atoms with Crippen molar-refractivity contribution in [3.63, 3.8) is 0 Å². The van der Waals surface area contributed by atoms with Gasteiger partial charge in [-0.2, -0.15) is 0 Å². The number of nitrogens with one attached hydrogen (secondary N) is 1. The Morgan fingerprint density at radius 1 is 1.10 bits per heavy atom. The predicted octanol–water partition coefficient (Wildman–Crippen LogP) is 4.59. The van der Waals surface area contributed by atoms with Crippen LogP contribution in [0, 0.1) is 0 Å². The second-order valence-corrected chi connectivity index (χ2v) is 11.5. The molecule has 4 aromatic rings. The summed E-state index contributed by atoms with van der Waals surface area (Å²) in [5, 5.41) is 8.51. The first-order valence-electron chi connectivity index (χ1n) is 13.4. The van der Waals surface area contributed by atoms with E-state index in [0.717, 1.165) is 35.6 Å². The lowest BCUT2D eigenvalue weighted by molar-refractivity contribution is -0.00537. The van der Waals surface area contributed by atoms with Gasteiger partial charge >= 0.3 is 6.09 Å². The van der Waals surface area contributed by atoms with Gasteiger partial charge in [0, 0.05) is 44.2 Å². The first kappa shape index (κ1) is 25.4. The number of carbonyl (C=O) groups excluding carboxylic acids is 1. The van der Waals surface area contributed by atoms with Gasteiger partial charge in [0.15, 0.2) is 11.4 Å². The number of nitrogens with zero attached hydrogens (tertiary/aromatic N) is 5. The normalized spacial score (nSPS) is 23.6. The summed E-state index contributed by atoms with van der Waals surface area (Å²) in [4.78, 5) is 23.4. The van der Waals surface area contributed by atoms with Gasteiger partial charge in [-0.05, 0) is 52.8 Å². The van der Waals surface area contributed by atoms with Gasteiger partial charge in [-0.1, -0.05) is 0 Å². The Hall–Kier alpha value is -3.86. The zero-order chi connectivity index (χ0) is 27.3. The number of hydrogen-bond acceptors (Lipinski definition) is 9. The summed E-state index contributed by atoms with van der Waals surface area (Å²) in [5.41, 5.74) is 1.63. The molecule has 1 saturated carbocycles. The highest BCUT2D eigenvalue weighted by Crippen LogP contribution is 2.34. The number of aromatic nitrogens is 4. The smallest absolute Gasteiger partial charge is 0.407 e. The maximum absolute atomic E-state index is 12.0. The van der Waals surface area contributed by atoms with Gasteiger partial charge in [-0.15, -0.1) is 5.10 Å². The third-order valence-electron chi connectivity index (χ3n) is 6.84. The van der Waals surface area contributed by atoms with Gasteiger partial charge in [-0.3, -0.25) is 0 Å². The Morgan fingerprint density at radius 2 is 1.87 bits per heavy atom. The number of rotatable bonds is 5. The van der Waals surface area contributed by atoms with Gasteiger partial charge in [0.05, 0.1) is 23.8 Å². The van der Waals surface area contributed by atoms with Crippen LogP contribution in [-0.2, 0) is 9.47 Å². The second-order valence-electron chi connectivity index (χ2n) is 11.5. The van der Waals surface area contributed by atoms with E-state index in [4.69, 9.17) is 18.6 Å². The predicted molar refractivity (Wildman–Crippen MR) is 145 cm³/mol. The van der Waals surface area contributed by atoms with E-state index in [1.807, 2.05) is 45.0 Å². The highest BCUT2D eigenvalue weighted by atomic mass is 16.6. The number of alkyl carbamates (subject to hydrolysis) is 1. The molecular formula is C28H34N6O5. The summed E-state index contributed by atoms with van der Waals surface area (Å²) in [6.45, 7) is 11.2. The summed E-state index contributed by atoms with van der Waals surface area (Å²) in [7, 11) is 0. The van der Waals surface area contributed by atoms with Crippen LogP contribution in [-0.4, -0.2) is 68.7 Å². The fourth-order valence-electron chi connectivity index (χ4n) is 5.19. The number of morpholine rings is 1. The molecule has 206 valence electrons. The highest BCUT2D eigenvalue weighted by molar-refractivity contribution is 5.92. The number of amides is 1. The molecule has 0 spiro atoms. The zero-order valence-electron chi connectivity index (χ0n) is 22.9. The number of carbonyl (C=O) groups is 1. The van der Waals surface area contributed by atoms with Crippen molar-refractivity contribution in [1.29, 1.82) is 0 Å². The maximum atomic E-state index is 12.0. The van der Waals surface area contributed by atoms with E-state index in [-0.39, 0.29) is 24.4 Å². The Morgan fingerprint density at radius 3 is 2.62 bits per heavy atom. The summed E-state index contributed by atoms with van der Waals surface area (Å²) in [5.74, 6) is 2.02. The third-order valence-corrected chi connectivity index (χ3v) is 6.84. The van der Waals surface area contributed by atoms with Gasteiger partial charge < -0.3 is 28.8 Å². The number of imidazole rings is 1. The van der Waals surface area contributed by atoms with Crippen LogP contribution in [0.2, 0.25) is 0 Å². The zero-order valence-corrected chi connectivity index (χ0v) is 22.9. The van der Waals surface area contributed by atoms with Crippen molar-refractivity contribution in [2.24, 2.45) is 0 Å². The van der Waals surface area contributed by atoms with Crippen molar-refractivity contribution in [3.05, 3.63) is 36.7 Å². The fraction of sp³-hybridized carbons (Fsp3) is 0.500. The number of pyridine rings is 1. The molecule has 0 bridgehead atoms. The Bertz CT molecular complexity index is 1490. The molecule has 11 nitrogen and oxygen atoms in total. The lowest BCUT2D eigenvalue weighted by atomic mass is 9.89. The molecule has 2 aliphatic rings. The van der Waals surface area contributed by atoms with Crippen LogP contribution in [0.5, 0.6) is 5.88 Å². The van der Waals surface area contributed by atoms with Gasteiger partial charge in [0.25, 0.3) is 0 Å². The minimum absolute atomic E-state index is 0.0215. The van der Waals surface area contributed by atoms with Crippen molar-refractivity contribution < 1.29 is 23.4 Å². The molecule has 6 rings (SSSR count). The summed E-state index contributed by atoms with van der Waals surface area (Å²) in [6.07, 6.45) is 4.70. The van der Waals surface area contributed by atoms with Gasteiger partial charge in [-0.25, -0.2) is 19.3 Å². The molecule has 1 amide bonds. The van der Waals surface area contributed by atoms with Crippen LogP contribution in [0.15, 0.2) is 41.1 Å². The molecule has 0 radical (unpaired) electrons. The fourth-order valence-corrected chi connectivity index (χ4v) is 5.19. The minimum atomic E-state index is -0.525. The highest BCUT2D eigenvalue weighted by Gasteiger charge is 2.34. The summed E-state index contributed by atoms with van der Waals surface area (Å²) >= 11 is 0. The molecule has 2 atom stereocenters. The van der Waals surface area contributed by atoms with Crippen LogP contribution in [0.4, 0.5) is 10.6 Å². The largest absolute Gasteiger partial charge is 0.473 e. The average Bonchev–Trinajstić information content (AvgIpc) is 3.44. The van der Waals surface area contributed by atoms with Gasteiger partial charge in [0.1, 0.15) is 28.8 Å². The van der Waals surface area contributed by atoms with E-state index >= 15 is 0 Å². The molecule has 5 heterocycles. The van der Waals surface area contributed by atoms with Crippen molar-refractivity contribution in [1.82, 2.24) is 24.9 Å². The quantitative estimate of drug-likeness (QED) is 0.392. The first-order chi connectivity index (χ1) is 18.6. The third kappa shape index (κ3) is 5.36. The molecule has 1 aliphatic heterocycles. The van der Waals surface area contributed by atoms with E-state index in [2.05, 4.69) is 39.1 Å². The lowest BCUT2D eigenvalue weighted by Gasteiger charge is -2.36. The van der Waals surface area contributed by atoms with Crippen LogP contribution in [0.1, 0.15) is 47.5 Å². The summed E-state index contributed by atoms with van der Waals surface area (Å²) in [6, 6.07) is 7.57. The van der Waals surface area contributed by atoms with Crippen LogP contribution in [0.25, 0.3) is 28.1 Å². The monoisotopic (exact) mass is 534 g/mol. The Kier molecular flexibility index (Phi) is 6.33. The molecule has 39 heavy (non-hydrogen) atoms. The van der Waals surface area contributed by atoms with Crippen LogP contribution < -0.4 is 15.0 Å². The molecule has 1 N–H and O–H groups in total. The van der Waals surface area contributed by atoms with Crippen molar-refractivity contribution >= 4 is 28.5 Å². The molecule has 2 fully saturated rings. The van der Waals surface area contributed by atoms with E-state index in [9.17, 15) is 4.79 Å². The number of hydrogen-bond donors (Lipinski definition) is 1. The number of furan rings is 1. The van der Waals surface area contributed by atoms with Crippen LogP contribution in [0.3, 0.4) is 0 Å². The maximum Gasteiger partial charge on any atom is 0.407 e. The topological polar surface area (TPSA) is 116 Å².